The zero-order chi connectivity index (χ0) is 13.9. The number of nitriles is 1. The number of anilines is 2. The Morgan fingerprint density at radius 2 is 2.11 bits per heavy atom. The summed E-state index contributed by atoms with van der Waals surface area (Å²) >= 11 is 0. The number of aromatic nitrogens is 1. The van der Waals surface area contributed by atoms with Crippen molar-refractivity contribution >= 4 is 21.4 Å². The van der Waals surface area contributed by atoms with Crippen LogP contribution in [0.15, 0.2) is 47.6 Å². The first kappa shape index (κ1) is 12.9. The van der Waals surface area contributed by atoms with Crippen LogP contribution >= 0.6 is 0 Å². The van der Waals surface area contributed by atoms with Crippen LogP contribution in [0.1, 0.15) is 5.56 Å². The first-order valence-electron chi connectivity index (χ1n) is 5.25. The molecule has 0 bridgehead atoms. The first-order valence-corrected chi connectivity index (χ1v) is 6.74. The third-order valence-corrected chi connectivity index (χ3v) is 3.70. The summed E-state index contributed by atoms with van der Waals surface area (Å²) in [6.07, 6.45) is 2.70. The third kappa shape index (κ3) is 2.81. The van der Waals surface area contributed by atoms with Crippen molar-refractivity contribution in [2.24, 2.45) is 0 Å². The van der Waals surface area contributed by atoms with Gasteiger partial charge in [0.05, 0.1) is 11.3 Å². The molecule has 0 fully saturated rings. The predicted octanol–water partition coefficient (Wildman–Crippen LogP) is 1.34. The molecule has 19 heavy (non-hydrogen) atoms. The Labute approximate surface area is 110 Å². The van der Waals surface area contributed by atoms with Crippen molar-refractivity contribution in [2.75, 3.05) is 10.5 Å². The minimum Gasteiger partial charge on any atom is -0.399 e. The Hall–Kier alpha value is -2.59. The van der Waals surface area contributed by atoms with E-state index in [-0.39, 0.29) is 16.1 Å². The second kappa shape index (κ2) is 4.96. The number of sulfonamides is 1. The van der Waals surface area contributed by atoms with Crippen LogP contribution in [-0.2, 0) is 10.0 Å². The Morgan fingerprint density at radius 3 is 2.74 bits per heavy atom. The van der Waals surface area contributed by atoms with Gasteiger partial charge in [0, 0.05) is 18.1 Å². The lowest BCUT2D eigenvalue weighted by Gasteiger charge is -2.09. The summed E-state index contributed by atoms with van der Waals surface area (Å²) in [6.45, 7) is 0. The van der Waals surface area contributed by atoms with Gasteiger partial charge in [-0.25, -0.2) is 8.42 Å². The van der Waals surface area contributed by atoms with E-state index in [0.29, 0.717) is 5.69 Å². The molecule has 0 saturated carbocycles. The number of nitrogens with zero attached hydrogens (tertiary/aromatic N) is 2. The molecule has 0 saturated heterocycles. The van der Waals surface area contributed by atoms with Gasteiger partial charge in [0.15, 0.2) is 0 Å². The van der Waals surface area contributed by atoms with E-state index in [2.05, 4.69) is 9.71 Å². The first-order chi connectivity index (χ1) is 9.03. The molecule has 0 unspecified atom stereocenters. The van der Waals surface area contributed by atoms with Gasteiger partial charge in [-0.1, -0.05) is 0 Å². The number of nitrogens with one attached hydrogen (secondary N) is 1. The van der Waals surface area contributed by atoms with Crippen LogP contribution in [-0.4, -0.2) is 13.4 Å². The van der Waals surface area contributed by atoms with E-state index in [9.17, 15) is 8.42 Å². The largest absolute Gasteiger partial charge is 0.399 e. The summed E-state index contributed by atoms with van der Waals surface area (Å²) in [5, 5.41) is 8.96. The van der Waals surface area contributed by atoms with E-state index >= 15 is 0 Å². The van der Waals surface area contributed by atoms with Gasteiger partial charge in [0.2, 0.25) is 0 Å². The quantitative estimate of drug-likeness (QED) is 0.821. The van der Waals surface area contributed by atoms with Gasteiger partial charge in [-0.3, -0.25) is 9.71 Å². The lowest BCUT2D eigenvalue weighted by atomic mass is 10.2. The molecule has 0 atom stereocenters. The molecule has 96 valence electrons. The molecule has 2 aromatic rings. The fourth-order valence-electron chi connectivity index (χ4n) is 1.45. The van der Waals surface area contributed by atoms with Crippen molar-refractivity contribution in [3.8, 4) is 6.07 Å². The molecule has 0 amide bonds. The van der Waals surface area contributed by atoms with Crippen molar-refractivity contribution in [1.29, 1.82) is 5.26 Å². The predicted molar refractivity (Wildman–Crippen MR) is 70.6 cm³/mol. The molecular formula is C12H10N4O2S. The zero-order valence-electron chi connectivity index (χ0n) is 9.74. The minimum atomic E-state index is -3.76. The van der Waals surface area contributed by atoms with E-state index in [1.54, 1.807) is 0 Å². The minimum absolute atomic E-state index is 0.0238. The van der Waals surface area contributed by atoms with Crippen molar-refractivity contribution in [1.82, 2.24) is 4.98 Å². The topological polar surface area (TPSA) is 109 Å². The second-order valence-electron chi connectivity index (χ2n) is 3.71. The summed E-state index contributed by atoms with van der Waals surface area (Å²) in [4.78, 5) is 3.77. The SMILES string of the molecule is N#Cc1cc(N)ccc1NS(=O)(=O)c1cccnc1. The lowest BCUT2D eigenvalue weighted by Crippen LogP contribution is -2.14. The standard InChI is InChI=1S/C12H10N4O2S/c13-7-9-6-10(14)3-4-12(9)16-19(17,18)11-2-1-5-15-8-11/h1-6,8,16H,14H2. The van der Waals surface area contributed by atoms with E-state index < -0.39 is 10.0 Å². The monoisotopic (exact) mass is 274 g/mol. The molecule has 0 radical (unpaired) electrons. The van der Waals surface area contributed by atoms with Crippen LogP contribution in [0.3, 0.4) is 0 Å². The highest BCUT2D eigenvalue weighted by Gasteiger charge is 2.16. The van der Waals surface area contributed by atoms with Gasteiger partial charge in [0.1, 0.15) is 11.0 Å². The second-order valence-corrected chi connectivity index (χ2v) is 5.39. The van der Waals surface area contributed by atoms with Crippen LogP contribution in [0.2, 0.25) is 0 Å². The maximum Gasteiger partial charge on any atom is 0.263 e. The Balaban J connectivity index is 2.40. The van der Waals surface area contributed by atoms with E-state index in [4.69, 9.17) is 11.0 Å². The highest BCUT2D eigenvalue weighted by atomic mass is 32.2. The van der Waals surface area contributed by atoms with Gasteiger partial charge in [-0.2, -0.15) is 5.26 Å². The summed E-state index contributed by atoms with van der Waals surface area (Å²) < 4.78 is 26.5. The number of pyridine rings is 1. The van der Waals surface area contributed by atoms with Gasteiger partial charge >= 0.3 is 0 Å². The number of benzene rings is 1. The zero-order valence-corrected chi connectivity index (χ0v) is 10.6. The highest BCUT2D eigenvalue weighted by molar-refractivity contribution is 7.92. The fourth-order valence-corrected chi connectivity index (χ4v) is 2.50. The molecule has 1 aromatic heterocycles. The Morgan fingerprint density at radius 1 is 1.32 bits per heavy atom. The summed E-state index contributed by atoms with van der Waals surface area (Å²) in [5.41, 5.74) is 6.27. The smallest absolute Gasteiger partial charge is 0.263 e. The van der Waals surface area contributed by atoms with Crippen LogP contribution in [0.4, 0.5) is 11.4 Å². The maximum atomic E-state index is 12.1. The molecule has 1 heterocycles. The van der Waals surface area contributed by atoms with Gasteiger partial charge in [-0.15, -0.1) is 0 Å². The van der Waals surface area contributed by atoms with Gasteiger partial charge < -0.3 is 5.73 Å². The molecule has 0 aliphatic heterocycles. The maximum absolute atomic E-state index is 12.1. The molecular weight excluding hydrogens is 264 g/mol. The van der Waals surface area contributed by atoms with Crippen molar-refractivity contribution in [3.63, 3.8) is 0 Å². The molecule has 0 spiro atoms. The molecule has 6 nitrogen and oxygen atoms in total. The molecule has 0 aliphatic rings. The number of nitrogens with two attached hydrogens (primary N) is 1. The average Bonchev–Trinajstić information content (AvgIpc) is 2.41. The van der Waals surface area contributed by atoms with Crippen LogP contribution < -0.4 is 10.5 Å². The van der Waals surface area contributed by atoms with Crippen LogP contribution in [0, 0.1) is 11.3 Å². The van der Waals surface area contributed by atoms with Crippen LogP contribution in [0.25, 0.3) is 0 Å². The average molecular weight is 274 g/mol. The van der Waals surface area contributed by atoms with E-state index in [0.717, 1.165) is 0 Å². The van der Waals surface area contributed by atoms with Crippen molar-refractivity contribution in [3.05, 3.63) is 48.3 Å². The third-order valence-electron chi connectivity index (χ3n) is 2.35. The van der Waals surface area contributed by atoms with Gasteiger partial charge in [-0.05, 0) is 30.3 Å². The summed E-state index contributed by atoms with van der Waals surface area (Å²) in [6, 6.07) is 9.19. The molecule has 3 N–H and O–H groups in total. The summed E-state index contributed by atoms with van der Waals surface area (Å²) in [7, 11) is -3.76. The Kier molecular flexibility index (Phi) is 3.35. The van der Waals surface area contributed by atoms with Gasteiger partial charge in [0.25, 0.3) is 10.0 Å². The highest BCUT2D eigenvalue weighted by Crippen LogP contribution is 2.21. The fraction of sp³-hybridized carbons (Fsp3) is 0. The number of rotatable bonds is 3. The number of hydrogen-bond donors (Lipinski definition) is 2. The number of hydrogen-bond acceptors (Lipinski definition) is 5. The van der Waals surface area contributed by atoms with Crippen molar-refractivity contribution in [2.45, 2.75) is 4.90 Å². The van der Waals surface area contributed by atoms with E-state index in [1.165, 1.54) is 42.7 Å². The molecule has 2 rings (SSSR count). The molecule has 7 heteroatoms. The van der Waals surface area contributed by atoms with Crippen LogP contribution in [0.5, 0.6) is 0 Å². The normalized spacial score (nSPS) is 10.7. The number of nitrogen functional groups attached to an aromatic ring is 1. The molecule has 1 aromatic carbocycles. The van der Waals surface area contributed by atoms with E-state index in [1.807, 2.05) is 6.07 Å². The lowest BCUT2D eigenvalue weighted by molar-refractivity contribution is 0.601. The Bertz CT molecular complexity index is 736. The summed E-state index contributed by atoms with van der Waals surface area (Å²) in [5.74, 6) is 0. The van der Waals surface area contributed by atoms with Crippen molar-refractivity contribution < 1.29 is 8.42 Å². The molecule has 0 aliphatic carbocycles.